The van der Waals surface area contributed by atoms with Crippen LogP contribution in [0.25, 0.3) is 0 Å². The van der Waals surface area contributed by atoms with Gasteiger partial charge in [-0.1, -0.05) is 19.0 Å². The molecule has 0 bridgehead atoms. The van der Waals surface area contributed by atoms with Crippen LogP contribution in [0.5, 0.6) is 0 Å². The van der Waals surface area contributed by atoms with Crippen LogP contribution in [0.15, 0.2) is 9.00 Å². The second-order valence-electron chi connectivity index (χ2n) is 3.02. The normalized spacial score (nSPS) is 10.7. The van der Waals surface area contributed by atoms with Gasteiger partial charge in [0.1, 0.15) is 0 Å². The predicted molar refractivity (Wildman–Crippen MR) is 48.1 cm³/mol. The molecule has 3 nitrogen and oxygen atoms in total. The molecule has 0 saturated carbocycles. The second-order valence-corrected chi connectivity index (χ2v) is 3.82. The first-order valence-corrected chi connectivity index (χ1v) is 4.53. The molecule has 0 unspecified atom stereocenters. The Labute approximate surface area is 79.3 Å². The molecule has 4 heteroatoms. The summed E-state index contributed by atoms with van der Waals surface area (Å²) >= 11 is 3.25. The number of aldehydes is 1. The van der Waals surface area contributed by atoms with Crippen molar-refractivity contribution < 1.29 is 9.32 Å². The summed E-state index contributed by atoms with van der Waals surface area (Å²) in [6.07, 6.45) is 1.47. The number of hydrogen-bond donors (Lipinski definition) is 0. The SMILES string of the molecule is CC(C)Cc1noc(C=O)c1Br. The van der Waals surface area contributed by atoms with E-state index in [4.69, 9.17) is 4.52 Å². The van der Waals surface area contributed by atoms with Gasteiger partial charge in [-0.15, -0.1) is 0 Å². The summed E-state index contributed by atoms with van der Waals surface area (Å²) in [5.74, 6) is 0.775. The van der Waals surface area contributed by atoms with Crippen LogP contribution in [0.1, 0.15) is 30.1 Å². The van der Waals surface area contributed by atoms with E-state index in [0.717, 1.165) is 12.1 Å². The lowest BCUT2D eigenvalue weighted by Gasteiger charge is -1.98. The van der Waals surface area contributed by atoms with Crippen molar-refractivity contribution in [2.45, 2.75) is 20.3 Å². The zero-order valence-corrected chi connectivity index (χ0v) is 8.59. The zero-order chi connectivity index (χ0) is 9.14. The monoisotopic (exact) mass is 231 g/mol. The number of carbonyl (C=O) groups excluding carboxylic acids is 1. The van der Waals surface area contributed by atoms with E-state index in [1.807, 2.05) is 0 Å². The molecule has 0 fully saturated rings. The molecule has 66 valence electrons. The Morgan fingerprint density at radius 3 is 2.75 bits per heavy atom. The molecular formula is C8H10BrNO2. The van der Waals surface area contributed by atoms with Crippen molar-refractivity contribution in [2.24, 2.45) is 5.92 Å². The highest BCUT2D eigenvalue weighted by Crippen LogP contribution is 2.22. The van der Waals surface area contributed by atoms with Crippen LogP contribution in [-0.4, -0.2) is 11.4 Å². The van der Waals surface area contributed by atoms with Crippen LogP contribution in [0.4, 0.5) is 0 Å². The molecule has 0 aliphatic carbocycles. The Kier molecular flexibility index (Phi) is 3.03. The lowest BCUT2D eigenvalue weighted by molar-refractivity contribution is 0.109. The molecule has 12 heavy (non-hydrogen) atoms. The van der Waals surface area contributed by atoms with Crippen molar-refractivity contribution in [2.75, 3.05) is 0 Å². The molecule has 1 heterocycles. The van der Waals surface area contributed by atoms with Gasteiger partial charge in [0, 0.05) is 0 Å². The first kappa shape index (κ1) is 9.45. The molecule has 1 aromatic heterocycles. The van der Waals surface area contributed by atoms with Gasteiger partial charge >= 0.3 is 0 Å². The Hall–Kier alpha value is -0.640. The zero-order valence-electron chi connectivity index (χ0n) is 7.00. The molecule has 0 aromatic carbocycles. The van der Waals surface area contributed by atoms with Gasteiger partial charge < -0.3 is 4.52 Å². The maximum Gasteiger partial charge on any atom is 0.213 e. The van der Waals surface area contributed by atoms with Crippen molar-refractivity contribution in [1.82, 2.24) is 5.16 Å². The predicted octanol–water partition coefficient (Wildman–Crippen LogP) is 2.45. The number of nitrogens with zero attached hydrogens (tertiary/aromatic N) is 1. The highest BCUT2D eigenvalue weighted by molar-refractivity contribution is 9.10. The van der Waals surface area contributed by atoms with E-state index in [9.17, 15) is 4.79 Å². The van der Waals surface area contributed by atoms with Gasteiger partial charge in [-0.3, -0.25) is 4.79 Å². The van der Waals surface area contributed by atoms with Crippen molar-refractivity contribution in [3.63, 3.8) is 0 Å². The molecule has 0 atom stereocenters. The van der Waals surface area contributed by atoms with E-state index < -0.39 is 0 Å². The van der Waals surface area contributed by atoms with Crippen LogP contribution in [0.2, 0.25) is 0 Å². The van der Waals surface area contributed by atoms with Crippen molar-refractivity contribution >= 4 is 22.2 Å². The Bertz CT molecular complexity index is 281. The number of hydrogen-bond acceptors (Lipinski definition) is 3. The largest absolute Gasteiger partial charge is 0.352 e. The summed E-state index contributed by atoms with van der Waals surface area (Å²) in [7, 11) is 0. The number of carbonyl (C=O) groups is 1. The number of rotatable bonds is 3. The molecular weight excluding hydrogens is 222 g/mol. The van der Waals surface area contributed by atoms with Gasteiger partial charge in [-0.05, 0) is 28.3 Å². The van der Waals surface area contributed by atoms with E-state index in [2.05, 4.69) is 34.9 Å². The summed E-state index contributed by atoms with van der Waals surface area (Å²) < 4.78 is 5.47. The topological polar surface area (TPSA) is 43.1 Å². The Balaban J connectivity index is 2.86. The second kappa shape index (κ2) is 3.85. The first-order valence-electron chi connectivity index (χ1n) is 3.74. The Morgan fingerprint density at radius 1 is 1.67 bits per heavy atom. The van der Waals surface area contributed by atoms with Crippen LogP contribution < -0.4 is 0 Å². The molecule has 1 aromatic rings. The number of aromatic nitrogens is 1. The summed E-state index contributed by atoms with van der Waals surface area (Å²) in [5.41, 5.74) is 0.812. The van der Waals surface area contributed by atoms with E-state index in [-0.39, 0.29) is 5.76 Å². The third kappa shape index (κ3) is 1.94. The minimum absolute atomic E-state index is 0.269. The van der Waals surface area contributed by atoms with Gasteiger partial charge in [0.25, 0.3) is 0 Å². The number of halogens is 1. The lowest BCUT2D eigenvalue weighted by atomic mass is 10.1. The fourth-order valence-electron chi connectivity index (χ4n) is 0.913. The fourth-order valence-corrected chi connectivity index (χ4v) is 1.31. The maximum absolute atomic E-state index is 10.4. The molecule has 0 aliphatic rings. The lowest BCUT2D eigenvalue weighted by Crippen LogP contribution is -1.94. The molecule has 0 amide bonds. The third-order valence-corrected chi connectivity index (χ3v) is 2.28. The van der Waals surface area contributed by atoms with E-state index in [0.29, 0.717) is 16.7 Å². The molecule has 0 N–H and O–H groups in total. The fraction of sp³-hybridized carbons (Fsp3) is 0.500. The van der Waals surface area contributed by atoms with Crippen LogP contribution in [0, 0.1) is 5.92 Å². The molecule has 0 radical (unpaired) electrons. The van der Waals surface area contributed by atoms with Gasteiger partial charge in [0.05, 0.1) is 10.2 Å². The third-order valence-electron chi connectivity index (χ3n) is 1.43. The van der Waals surface area contributed by atoms with Crippen LogP contribution in [0.3, 0.4) is 0 Å². The highest BCUT2D eigenvalue weighted by Gasteiger charge is 2.13. The quantitative estimate of drug-likeness (QED) is 0.751. The average molecular weight is 232 g/mol. The van der Waals surface area contributed by atoms with Gasteiger partial charge in [-0.2, -0.15) is 0 Å². The molecule has 0 aliphatic heterocycles. The van der Waals surface area contributed by atoms with E-state index in [1.165, 1.54) is 0 Å². The average Bonchev–Trinajstić information content (AvgIpc) is 2.32. The maximum atomic E-state index is 10.4. The van der Waals surface area contributed by atoms with E-state index >= 15 is 0 Å². The van der Waals surface area contributed by atoms with Crippen LogP contribution >= 0.6 is 15.9 Å². The van der Waals surface area contributed by atoms with Gasteiger partial charge in [0.15, 0.2) is 6.29 Å². The summed E-state index contributed by atoms with van der Waals surface area (Å²) in [6, 6.07) is 0. The summed E-state index contributed by atoms with van der Waals surface area (Å²) in [4.78, 5) is 10.4. The summed E-state index contributed by atoms with van der Waals surface area (Å²) in [5, 5.41) is 3.77. The Morgan fingerprint density at radius 2 is 2.33 bits per heavy atom. The van der Waals surface area contributed by atoms with Gasteiger partial charge in [-0.25, -0.2) is 0 Å². The van der Waals surface area contributed by atoms with Crippen molar-refractivity contribution in [3.05, 3.63) is 15.9 Å². The minimum Gasteiger partial charge on any atom is -0.352 e. The highest BCUT2D eigenvalue weighted by atomic mass is 79.9. The smallest absolute Gasteiger partial charge is 0.213 e. The summed E-state index contributed by atoms with van der Waals surface area (Å²) in [6.45, 7) is 4.17. The van der Waals surface area contributed by atoms with Crippen molar-refractivity contribution in [3.8, 4) is 0 Å². The van der Waals surface area contributed by atoms with Gasteiger partial charge in [0.2, 0.25) is 5.76 Å². The minimum atomic E-state index is 0.269. The van der Waals surface area contributed by atoms with Crippen molar-refractivity contribution in [1.29, 1.82) is 0 Å². The molecule has 1 rings (SSSR count). The molecule has 0 spiro atoms. The first-order chi connectivity index (χ1) is 5.65. The van der Waals surface area contributed by atoms with Crippen LogP contribution in [-0.2, 0) is 6.42 Å². The standard InChI is InChI=1S/C8H10BrNO2/c1-5(2)3-6-8(9)7(4-11)12-10-6/h4-5H,3H2,1-2H3. The van der Waals surface area contributed by atoms with E-state index in [1.54, 1.807) is 0 Å². The molecule has 0 saturated heterocycles.